The van der Waals surface area contributed by atoms with Gasteiger partial charge in [-0.15, -0.1) is 0 Å². The average Bonchev–Trinajstić information content (AvgIpc) is 2.58. The molecule has 2 aromatic carbocycles. The number of hydrogen-bond acceptors (Lipinski definition) is 3. The minimum atomic E-state index is -0.534. The van der Waals surface area contributed by atoms with Gasteiger partial charge in [0.05, 0.1) is 0 Å². The quantitative estimate of drug-likeness (QED) is 0.764. The highest BCUT2D eigenvalue weighted by Crippen LogP contribution is 2.20. The molecule has 6 heteroatoms. The number of carbonyl (C=O) groups excluding carboxylic acids is 1. The zero-order chi connectivity index (χ0) is 17.1. The molecule has 1 heterocycles. The van der Waals surface area contributed by atoms with Crippen LogP contribution in [0.25, 0.3) is 11.4 Å². The first-order valence-electron chi connectivity index (χ1n) is 7.27. The molecule has 0 aliphatic rings. The maximum absolute atomic E-state index is 12.3. The lowest BCUT2D eigenvalue weighted by Crippen LogP contribution is -2.24. The molecule has 0 saturated carbocycles. The Morgan fingerprint density at radius 1 is 1.17 bits per heavy atom. The summed E-state index contributed by atoms with van der Waals surface area (Å²) in [5.41, 5.74) is 1.61. The SMILES string of the molecule is Cc1ccc(Cl)cc1NC(=O)c1cnc(-c2ccccc2)[nH]c1=O. The van der Waals surface area contributed by atoms with Crippen molar-refractivity contribution < 1.29 is 4.79 Å². The van der Waals surface area contributed by atoms with Crippen LogP contribution in [0.3, 0.4) is 0 Å². The van der Waals surface area contributed by atoms with E-state index in [1.165, 1.54) is 6.20 Å². The molecule has 1 amide bonds. The van der Waals surface area contributed by atoms with Crippen LogP contribution in [0, 0.1) is 6.92 Å². The molecular weight excluding hydrogens is 326 g/mol. The Kier molecular flexibility index (Phi) is 4.44. The number of carbonyl (C=O) groups is 1. The van der Waals surface area contributed by atoms with Crippen LogP contribution in [0.5, 0.6) is 0 Å². The van der Waals surface area contributed by atoms with Gasteiger partial charge in [0.25, 0.3) is 11.5 Å². The fourth-order valence-corrected chi connectivity index (χ4v) is 2.39. The highest BCUT2D eigenvalue weighted by Gasteiger charge is 2.14. The second-order valence-electron chi connectivity index (χ2n) is 5.25. The van der Waals surface area contributed by atoms with Crippen LogP contribution in [0.2, 0.25) is 5.02 Å². The lowest BCUT2D eigenvalue weighted by Gasteiger charge is -2.08. The average molecular weight is 340 g/mol. The smallest absolute Gasteiger partial charge is 0.264 e. The number of halogens is 1. The summed E-state index contributed by atoms with van der Waals surface area (Å²) in [6, 6.07) is 14.4. The molecule has 5 nitrogen and oxygen atoms in total. The van der Waals surface area contributed by atoms with E-state index in [1.54, 1.807) is 18.2 Å². The van der Waals surface area contributed by atoms with Gasteiger partial charge in [-0.25, -0.2) is 4.98 Å². The highest BCUT2D eigenvalue weighted by molar-refractivity contribution is 6.31. The highest BCUT2D eigenvalue weighted by atomic mass is 35.5. The molecule has 0 spiro atoms. The van der Waals surface area contributed by atoms with E-state index in [0.29, 0.717) is 16.5 Å². The van der Waals surface area contributed by atoms with Crippen molar-refractivity contribution >= 4 is 23.2 Å². The summed E-state index contributed by atoms with van der Waals surface area (Å²) in [6.07, 6.45) is 1.27. The molecule has 2 N–H and O–H groups in total. The maximum atomic E-state index is 12.3. The van der Waals surface area contributed by atoms with Gasteiger partial charge in [0, 0.05) is 22.5 Å². The second kappa shape index (κ2) is 6.68. The number of anilines is 1. The fraction of sp³-hybridized carbons (Fsp3) is 0.0556. The predicted octanol–water partition coefficient (Wildman–Crippen LogP) is 3.65. The Morgan fingerprint density at radius 3 is 2.62 bits per heavy atom. The summed E-state index contributed by atoms with van der Waals surface area (Å²) < 4.78 is 0. The number of aromatic amines is 1. The molecule has 1 aromatic heterocycles. The third kappa shape index (κ3) is 3.36. The lowest BCUT2D eigenvalue weighted by atomic mass is 10.2. The van der Waals surface area contributed by atoms with Gasteiger partial charge >= 0.3 is 0 Å². The second-order valence-corrected chi connectivity index (χ2v) is 5.69. The molecule has 24 heavy (non-hydrogen) atoms. The van der Waals surface area contributed by atoms with Gasteiger partial charge in [0.2, 0.25) is 0 Å². The van der Waals surface area contributed by atoms with Crippen molar-refractivity contribution in [1.29, 1.82) is 0 Å². The first kappa shape index (κ1) is 16.0. The van der Waals surface area contributed by atoms with E-state index in [2.05, 4.69) is 15.3 Å². The molecule has 0 radical (unpaired) electrons. The minimum Gasteiger partial charge on any atom is -0.321 e. The Balaban J connectivity index is 1.88. The van der Waals surface area contributed by atoms with Crippen molar-refractivity contribution in [3.63, 3.8) is 0 Å². The van der Waals surface area contributed by atoms with E-state index in [0.717, 1.165) is 11.1 Å². The molecule has 0 fully saturated rings. The summed E-state index contributed by atoms with van der Waals surface area (Å²) in [7, 11) is 0. The van der Waals surface area contributed by atoms with Crippen molar-refractivity contribution in [3.8, 4) is 11.4 Å². The van der Waals surface area contributed by atoms with Crippen LogP contribution in [-0.4, -0.2) is 15.9 Å². The van der Waals surface area contributed by atoms with Crippen molar-refractivity contribution in [2.24, 2.45) is 0 Å². The summed E-state index contributed by atoms with van der Waals surface area (Å²) in [5, 5.41) is 3.19. The van der Waals surface area contributed by atoms with Gasteiger partial charge in [-0.05, 0) is 24.6 Å². The zero-order valence-corrected chi connectivity index (χ0v) is 13.6. The monoisotopic (exact) mass is 339 g/mol. The number of H-pyrrole nitrogens is 1. The Morgan fingerprint density at radius 2 is 1.92 bits per heavy atom. The van der Waals surface area contributed by atoms with E-state index < -0.39 is 11.5 Å². The predicted molar refractivity (Wildman–Crippen MR) is 94.4 cm³/mol. The normalized spacial score (nSPS) is 10.4. The number of aromatic nitrogens is 2. The van der Waals surface area contributed by atoms with E-state index in [4.69, 9.17) is 11.6 Å². The third-order valence-electron chi connectivity index (χ3n) is 3.54. The maximum Gasteiger partial charge on any atom is 0.264 e. The van der Waals surface area contributed by atoms with E-state index in [9.17, 15) is 9.59 Å². The number of aryl methyl sites for hydroxylation is 1. The fourth-order valence-electron chi connectivity index (χ4n) is 2.22. The van der Waals surface area contributed by atoms with Crippen LogP contribution < -0.4 is 10.9 Å². The molecule has 3 aromatic rings. The van der Waals surface area contributed by atoms with Crippen molar-refractivity contribution in [1.82, 2.24) is 9.97 Å². The molecule has 0 unspecified atom stereocenters. The van der Waals surface area contributed by atoms with E-state index in [1.807, 2.05) is 37.3 Å². The van der Waals surface area contributed by atoms with Crippen LogP contribution in [0.1, 0.15) is 15.9 Å². The van der Waals surface area contributed by atoms with Crippen LogP contribution >= 0.6 is 11.6 Å². The number of rotatable bonds is 3. The topological polar surface area (TPSA) is 74.8 Å². The summed E-state index contributed by atoms with van der Waals surface area (Å²) in [5.74, 6) is -0.121. The third-order valence-corrected chi connectivity index (χ3v) is 3.77. The summed E-state index contributed by atoms with van der Waals surface area (Å²) in [6.45, 7) is 1.84. The molecule has 0 aliphatic heterocycles. The van der Waals surface area contributed by atoms with Gasteiger partial charge in [-0.1, -0.05) is 48.0 Å². The molecule has 3 rings (SSSR count). The number of nitrogens with zero attached hydrogens (tertiary/aromatic N) is 1. The van der Waals surface area contributed by atoms with Gasteiger partial charge in [-0.3, -0.25) is 9.59 Å². The van der Waals surface area contributed by atoms with Gasteiger partial charge in [0.1, 0.15) is 11.4 Å². The Hall–Kier alpha value is -2.92. The standard InChI is InChI=1S/C18H14ClN3O2/c1-11-7-8-13(19)9-15(11)21-17(23)14-10-20-16(22-18(14)24)12-5-3-2-4-6-12/h2-10H,1H3,(H,21,23)(H,20,22,24). The van der Waals surface area contributed by atoms with Gasteiger partial charge < -0.3 is 10.3 Å². The zero-order valence-electron chi connectivity index (χ0n) is 12.8. The molecule has 120 valence electrons. The van der Waals surface area contributed by atoms with Crippen molar-refractivity contribution in [2.75, 3.05) is 5.32 Å². The first-order chi connectivity index (χ1) is 11.5. The number of nitrogens with one attached hydrogen (secondary N) is 2. The number of benzene rings is 2. The van der Waals surface area contributed by atoms with Gasteiger partial charge in [0.15, 0.2) is 0 Å². The number of amides is 1. The van der Waals surface area contributed by atoms with Crippen LogP contribution in [-0.2, 0) is 0 Å². The molecule has 0 saturated heterocycles. The molecule has 0 aliphatic carbocycles. The van der Waals surface area contributed by atoms with Crippen LogP contribution in [0.4, 0.5) is 5.69 Å². The first-order valence-corrected chi connectivity index (χ1v) is 7.64. The lowest BCUT2D eigenvalue weighted by molar-refractivity contribution is 0.102. The Labute approximate surface area is 143 Å². The minimum absolute atomic E-state index is 0.0611. The number of hydrogen-bond donors (Lipinski definition) is 2. The summed E-state index contributed by atoms with van der Waals surface area (Å²) >= 11 is 5.93. The molecule has 0 atom stereocenters. The Bertz CT molecular complexity index is 952. The van der Waals surface area contributed by atoms with Gasteiger partial charge in [-0.2, -0.15) is 0 Å². The van der Waals surface area contributed by atoms with Crippen molar-refractivity contribution in [2.45, 2.75) is 6.92 Å². The summed E-state index contributed by atoms with van der Waals surface area (Å²) in [4.78, 5) is 31.3. The largest absolute Gasteiger partial charge is 0.321 e. The van der Waals surface area contributed by atoms with E-state index >= 15 is 0 Å². The molecular formula is C18H14ClN3O2. The van der Waals surface area contributed by atoms with E-state index in [-0.39, 0.29) is 5.56 Å². The molecule has 0 bridgehead atoms. The van der Waals surface area contributed by atoms with Crippen molar-refractivity contribution in [3.05, 3.63) is 81.2 Å². The van der Waals surface area contributed by atoms with Crippen LogP contribution in [0.15, 0.2) is 59.5 Å².